The molecule has 1 saturated heterocycles. The van der Waals surface area contributed by atoms with Gasteiger partial charge < -0.3 is 15.3 Å². The minimum Gasteiger partial charge on any atom is -0.465 e. The highest BCUT2D eigenvalue weighted by atomic mass is 16.4. The highest BCUT2D eigenvalue weighted by molar-refractivity contribution is 6.05. The summed E-state index contributed by atoms with van der Waals surface area (Å²) in [4.78, 5) is 25.5. The maximum Gasteiger partial charge on any atom is 0.407 e. The van der Waals surface area contributed by atoms with Crippen LogP contribution in [0.4, 0.5) is 4.79 Å². The average molecular weight is 425 g/mol. The number of hydrogen-bond donors (Lipinski definition) is 2. The van der Waals surface area contributed by atoms with E-state index in [-0.39, 0.29) is 47.9 Å². The first-order valence-electron chi connectivity index (χ1n) is 12.3. The van der Waals surface area contributed by atoms with E-state index in [1.165, 1.54) is 9.58 Å². The maximum absolute atomic E-state index is 12.8. The number of nitrogens with zero attached hydrogens (tertiary/aromatic N) is 3. The Morgan fingerprint density at radius 1 is 1.23 bits per heavy atom. The Morgan fingerprint density at radius 3 is 2.65 bits per heavy atom. The van der Waals surface area contributed by atoms with Gasteiger partial charge in [-0.05, 0) is 57.3 Å². The van der Waals surface area contributed by atoms with Crippen LogP contribution in [0, 0.1) is 0 Å². The number of aromatic nitrogens is 2. The molecule has 2 amide bonds. The smallest absolute Gasteiger partial charge is 0.407 e. The molecule has 1 aliphatic rings. The van der Waals surface area contributed by atoms with E-state index in [0.29, 0.717) is 35.9 Å². The molecule has 2 aromatic carbocycles. The molecule has 1 atom stereocenters. The Balaban J connectivity index is 1.80. The van der Waals surface area contributed by atoms with E-state index in [1.807, 2.05) is 20.8 Å². The molecule has 162 valence electrons. The summed E-state index contributed by atoms with van der Waals surface area (Å²) in [6.45, 7) is 6.13. The van der Waals surface area contributed by atoms with Gasteiger partial charge in [0.25, 0.3) is 5.91 Å². The number of nitrogens with one attached hydrogen (secondary N) is 1. The summed E-state index contributed by atoms with van der Waals surface area (Å²) in [6, 6.07) is 4.20. The number of likely N-dealkylation sites (tertiary alicyclic amines) is 1. The van der Waals surface area contributed by atoms with Gasteiger partial charge >= 0.3 is 6.09 Å². The van der Waals surface area contributed by atoms with Crippen molar-refractivity contribution < 1.29 is 20.2 Å². The van der Waals surface area contributed by atoms with Crippen LogP contribution in [0.5, 0.6) is 0 Å². The summed E-state index contributed by atoms with van der Waals surface area (Å²) < 4.78 is 35.8. The molecule has 0 bridgehead atoms. The summed E-state index contributed by atoms with van der Waals surface area (Å²) in [5, 5.41) is 17.4. The molecule has 0 radical (unpaired) electrons. The lowest BCUT2D eigenvalue weighted by atomic mass is 9.91. The standard InChI is InChI=1S/C24H28N4O3/c1-24(2,3)25-22(29)20-8-4-6-18-15-28(26-21(18)20)19-11-9-16(10-12-19)17-7-5-13-27(14-17)23(30)31/h4,6,8-12,15,17H,5,7,13-14H2,1-3H3,(H,25,29)(H,30,31)/i9D,10D,11D,12D. The van der Waals surface area contributed by atoms with Gasteiger partial charge in [0.05, 0.1) is 16.7 Å². The van der Waals surface area contributed by atoms with Gasteiger partial charge in [0.15, 0.2) is 0 Å². The molecule has 0 saturated carbocycles. The summed E-state index contributed by atoms with van der Waals surface area (Å²) >= 11 is 0. The number of amides is 2. The lowest BCUT2D eigenvalue weighted by Crippen LogP contribution is -2.40. The molecular weight excluding hydrogens is 392 g/mol. The van der Waals surface area contributed by atoms with Crippen molar-refractivity contribution in [2.24, 2.45) is 0 Å². The molecule has 7 heteroatoms. The molecule has 1 fully saturated rings. The molecule has 4 rings (SSSR count). The van der Waals surface area contributed by atoms with E-state index < -0.39 is 17.6 Å². The van der Waals surface area contributed by atoms with Crippen LogP contribution < -0.4 is 5.32 Å². The second kappa shape index (κ2) is 8.06. The number of benzene rings is 2. The van der Waals surface area contributed by atoms with Gasteiger partial charge in [0.2, 0.25) is 0 Å². The molecule has 2 heterocycles. The highest BCUT2D eigenvalue weighted by Crippen LogP contribution is 2.28. The number of hydrogen-bond acceptors (Lipinski definition) is 3. The van der Waals surface area contributed by atoms with Gasteiger partial charge in [-0.1, -0.05) is 24.2 Å². The van der Waals surface area contributed by atoms with Gasteiger partial charge in [0, 0.05) is 36.1 Å². The van der Waals surface area contributed by atoms with E-state index in [9.17, 15) is 14.7 Å². The number of carboxylic acid groups (broad SMARTS) is 1. The largest absolute Gasteiger partial charge is 0.465 e. The Hall–Kier alpha value is -3.35. The zero-order valence-electron chi connectivity index (χ0n) is 21.8. The SMILES string of the molecule is [2H]c1c([2H])c(-n2cc3cccc(C(=O)NC(C)(C)C)c3n2)c([2H])c([2H])c1C1CCCN(C(=O)O)C1. The predicted molar refractivity (Wildman–Crippen MR) is 120 cm³/mol. The number of fused-ring (bicyclic) bond motifs is 1. The fourth-order valence-electron chi connectivity index (χ4n) is 3.77. The van der Waals surface area contributed by atoms with Crippen molar-refractivity contribution in [3.05, 3.63) is 59.7 Å². The summed E-state index contributed by atoms with van der Waals surface area (Å²) in [6.07, 6.45) is 1.69. The van der Waals surface area contributed by atoms with Crippen molar-refractivity contribution in [3.8, 4) is 5.69 Å². The van der Waals surface area contributed by atoms with Crippen LogP contribution in [0.2, 0.25) is 0 Å². The second-order valence-corrected chi connectivity index (χ2v) is 8.85. The van der Waals surface area contributed by atoms with Crippen molar-refractivity contribution in [3.63, 3.8) is 0 Å². The fourth-order valence-corrected chi connectivity index (χ4v) is 3.77. The summed E-state index contributed by atoms with van der Waals surface area (Å²) in [7, 11) is 0. The van der Waals surface area contributed by atoms with Crippen LogP contribution in [0.3, 0.4) is 0 Å². The number of rotatable bonds is 3. The van der Waals surface area contributed by atoms with Gasteiger partial charge in [-0.25, -0.2) is 9.48 Å². The van der Waals surface area contributed by atoms with Gasteiger partial charge in [-0.15, -0.1) is 0 Å². The Labute approximate surface area is 187 Å². The van der Waals surface area contributed by atoms with Crippen molar-refractivity contribution in [2.75, 3.05) is 13.1 Å². The topological polar surface area (TPSA) is 87.5 Å². The zero-order chi connectivity index (χ0) is 25.7. The molecule has 3 aromatic rings. The quantitative estimate of drug-likeness (QED) is 0.652. The monoisotopic (exact) mass is 424 g/mol. The fraction of sp³-hybridized carbons (Fsp3) is 0.375. The van der Waals surface area contributed by atoms with E-state index in [2.05, 4.69) is 10.4 Å². The maximum atomic E-state index is 12.8. The lowest BCUT2D eigenvalue weighted by molar-refractivity contribution is 0.0921. The molecule has 1 aliphatic heterocycles. The lowest BCUT2D eigenvalue weighted by Gasteiger charge is -2.31. The van der Waals surface area contributed by atoms with Crippen LogP contribution in [0.1, 0.15) is 60.9 Å². The van der Waals surface area contributed by atoms with Gasteiger partial charge in [-0.3, -0.25) is 4.79 Å². The third kappa shape index (κ3) is 4.55. The normalized spacial score (nSPS) is 18.8. The van der Waals surface area contributed by atoms with Crippen molar-refractivity contribution in [1.29, 1.82) is 0 Å². The van der Waals surface area contributed by atoms with Crippen LogP contribution in [-0.2, 0) is 0 Å². The van der Waals surface area contributed by atoms with E-state index in [4.69, 9.17) is 5.48 Å². The number of piperidine rings is 1. The molecule has 7 nitrogen and oxygen atoms in total. The molecule has 31 heavy (non-hydrogen) atoms. The van der Waals surface area contributed by atoms with E-state index in [0.717, 1.165) is 0 Å². The molecule has 0 aliphatic carbocycles. The summed E-state index contributed by atoms with van der Waals surface area (Å²) in [5.74, 6) is -0.727. The molecule has 0 spiro atoms. The van der Waals surface area contributed by atoms with Crippen molar-refractivity contribution in [1.82, 2.24) is 20.0 Å². The Bertz CT molecular complexity index is 1300. The van der Waals surface area contributed by atoms with Gasteiger partial charge in [-0.2, -0.15) is 5.10 Å². The first kappa shape index (κ1) is 16.4. The van der Waals surface area contributed by atoms with Crippen LogP contribution in [0.25, 0.3) is 16.6 Å². The first-order chi connectivity index (χ1) is 16.4. The Morgan fingerprint density at radius 2 is 1.97 bits per heavy atom. The molecule has 1 unspecified atom stereocenters. The minimum atomic E-state index is -1.06. The van der Waals surface area contributed by atoms with E-state index in [1.54, 1.807) is 24.4 Å². The van der Waals surface area contributed by atoms with Gasteiger partial charge in [0.1, 0.15) is 5.52 Å². The van der Waals surface area contributed by atoms with E-state index >= 15 is 0 Å². The van der Waals surface area contributed by atoms with Crippen molar-refractivity contribution in [2.45, 2.75) is 45.1 Å². The zero-order valence-corrected chi connectivity index (χ0v) is 17.8. The predicted octanol–water partition coefficient (Wildman–Crippen LogP) is 4.41. The Kier molecular flexibility index (Phi) is 4.25. The van der Waals surface area contributed by atoms with Crippen molar-refractivity contribution >= 4 is 22.9 Å². The minimum absolute atomic E-state index is 0.0203. The molecule has 1 aromatic heterocycles. The van der Waals surface area contributed by atoms with Crippen LogP contribution in [0.15, 0.2) is 48.6 Å². The van der Waals surface area contributed by atoms with Crippen LogP contribution >= 0.6 is 0 Å². The second-order valence-electron chi connectivity index (χ2n) is 8.85. The van der Waals surface area contributed by atoms with Crippen LogP contribution in [-0.4, -0.2) is 50.4 Å². The molecular formula is C24H28N4O3. The summed E-state index contributed by atoms with van der Waals surface area (Å²) in [5.41, 5.74) is 0.485. The number of carbonyl (C=O) groups is 2. The number of carbonyl (C=O) groups excluding carboxylic acids is 1. The third-order valence-corrected chi connectivity index (χ3v) is 5.23. The highest BCUT2D eigenvalue weighted by Gasteiger charge is 2.24. The third-order valence-electron chi connectivity index (χ3n) is 5.23. The first-order valence-corrected chi connectivity index (χ1v) is 10.3. The average Bonchev–Trinajstić information content (AvgIpc) is 3.21. The molecule has 2 N–H and O–H groups in total.